The van der Waals surface area contributed by atoms with Gasteiger partial charge in [0.1, 0.15) is 0 Å². The highest BCUT2D eigenvalue weighted by Crippen LogP contribution is 2.48. The summed E-state index contributed by atoms with van der Waals surface area (Å²) in [6, 6.07) is 2.22. The maximum Gasteiger partial charge on any atom is 0.245 e. The lowest BCUT2D eigenvalue weighted by molar-refractivity contribution is -0.127. The minimum Gasteiger partial charge on any atom is -0.392 e. The topological polar surface area (TPSA) is 103 Å². The third-order valence-electron chi connectivity index (χ3n) is 10.2. The number of carbonyl (C=O) groups excluding carboxylic acids is 1. The number of hydrogen-bond donors (Lipinski definition) is 2. The number of hydrogen-bond acceptors (Lipinski definition) is 7. The van der Waals surface area contributed by atoms with Crippen LogP contribution >= 0.6 is 23.2 Å². The number of halogens is 2. The van der Waals surface area contributed by atoms with Crippen molar-refractivity contribution in [1.29, 1.82) is 0 Å². The molecule has 10 nitrogen and oxygen atoms in total. The number of piperidine rings is 2. The number of H-pyrrole nitrogens is 1. The van der Waals surface area contributed by atoms with E-state index in [-0.39, 0.29) is 29.6 Å². The van der Waals surface area contributed by atoms with E-state index in [1.54, 1.807) is 7.11 Å². The molecule has 45 heavy (non-hydrogen) atoms. The van der Waals surface area contributed by atoms with E-state index < -0.39 is 0 Å². The first-order valence-corrected chi connectivity index (χ1v) is 16.8. The van der Waals surface area contributed by atoms with E-state index in [1.165, 1.54) is 6.08 Å². The van der Waals surface area contributed by atoms with Crippen molar-refractivity contribution in [3.8, 4) is 11.1 Å². The van der Waals surface area contributed by atoms with Crippen LogP contribution in [-0.4, -0.2) is 105 Å². The molecule has 2 aromatic heterocycles. The van der Waals surface area contributed by atoms with Crippen LogP contribution in [0, 0.1) is 12.8 Å². The number of carbonyl (C=O) groups is 1. The molecular weight excluding hydrogens is 613 g/mol. The number of nitrogens with zero attached hydrogens (tertiary/aromatic N) is 6. The van der Waals surface area contributed by atoms with Crippen molar-refractivity contribution in [2.45, 2.75) is 76.6 Å². The fourth-order valence-electron chi connectivity index (χ4n) is 8.04. The van der Waals surface area contributed by atoms with Gasteiger partial charge in [-0.15, -0.1) is 0 Å². The molecule has 6 rings (SSSR count). The Morgan fingerprint density at radius 2 is 1.98 bits per heavy atom. The fourth-order valence-corrected chi connectivity index (χ4v) is 8.49. The molecule has 2 N–H and O–H groups in total. The van der Waals surface area contributed by atoms with Crippen molar-refractivity contribution in [2.24, 2.45) is 5.92 Å². The lowest BCUT2D eigenvalue weighted by Gasteiger charge is -2.47. The highest BCUT2D eigenvalue weighted by Gasteiger charge is 2.41. The minimum atomic E-state index is -0.295. The molecule has 0 radical (unpaired) electrons. The highest BCUT2D eigenvalue weighted by molar-refractivity contribution is 6.45. The highest BCUT2D eigenvalue weighted by atomic mass is 35.5. The number of amides is 1. The summed E-state index contributed by atoms with van der Waals surface area (Å²) in [6.45, 7) is 14.8. The van der Waals surface area contributed by atoms with Gasteiger partial charge in [-0.25, -0.2) is 0 Å². The Morgan fingerprint density at radius 1 is 1.22 bits per heavy atom. The van der Waals surface area contributed by atoms with E-state index in [0.29, 0.717) is 42.2 Å². The van der Waals surface area contributed by atoms with Crippen molar-refractivity contribution in [3.63, 3.8) is 0 Å². The van der Waals surface area contributed by atoms with Crippen LogP contribution in [0.4, 0.5) is 5.82 Å². The summed E-state index contributed by atoms with van der Waals surface area (Å²) in [5.74, 6) is 1.36. The lowest BCUT2D eigenvalue weighted by atomic mass is 9.81. The van der Waals surface area contributed by atoms with Crippen molar-refractivity contribution < 1.29 is 14.6 Å². The summed E-state index contributed by atoms with van der Waals surface area (Å²) < 4.78 is 7.63. The molecule has 0 spiro atoms. The summed E-state index contributed by atoms with van der Waals surface area (Å²) in [5.41, 5.74) is 3.48. The van der Waals surface area contributed by atoms with Gasteiger partial charge >= 0.3 is 0 Å². The fraction of sp³-hybridized carbons (Fsp3) is 0.606. The molecule has 0 bridgehead atoms. The number of aromatic nitrogens is 4. The molecule has 12 heteroatoms. The largest absolute Gasteiger partial charge is 0.392 e. The molecule has 1 aromatic carbocycles. The maximum absolute atomic E-state index is 12.3. The number of fused-ring (bicyclic) bond motifs is 1. The first-order chi connectivity index (χ1) is 21.5. The predicted molar refractivity (Wildman–Crippen MR) is 179 cm³/mol. The third kappa shape index (κ3) is 6.12. The van der Waals surface area contributed by atoms with Crippen molar-refractivity contribution in [1.82, 2.24) is 29.8 Å². The van der Waals surface area contributed by atoms with Gasteiger partial charge in [-0.05, 0) is 70.9 Å². The van der Waals surface area contributed by atoms with Gasteiger partial charge in [-0.3, -0.25) is 19.5 Å². The van der Waals surface area contributed by atoms with Crippen LogP contribution in [0.15, 0.2) is 24.9 Å². The molecule has 0 unspecified atom stereocenters. The number of methoxy groups -OCH3 is 1. The normalized spacial score (nSPS) is 24.6. The number of β-amino-alcohol motifs (C(OH)–C–C–N with tert-alkyl or cyclic N) is 1. The number of rotatable bonds is 8. The molecule has 0 saturated carbocycles. The number of likely N-dealkylation sites (tertiary alicyclic amines) is 2. The lowest BCUT2D eigenvalue weighted by Crippen LogP contribution is -2.52. The second-order valence-electron chi connectivity index (χ2n) is 13.6. The summed E-state index contributed by atoms with van der Waals surface area (Å²) >= 11 is 13.7. The van der Waals surface area contributed by atoms with Crippen LogP contribution < -0.4 is 4.90 Å². The summed E-state index contributed by atoms with van der Waals surface area (Å²) in [4.78, 5) is 19.0. The van der Waals surface area contributed by atoms with E-state index in [9.17, 15) is 9.90 Å². The van der Waals surface area contributed by atoms with Gasteiger partial charge in [0.25, 0.3) is 0 Å². The first kappa shape index (κ1) is 32.3. The Kier molecular flexibility index (Phi) is 9.24. The summed E-state index contributed by atoms with van der Waals surface area (Å²) in [7, 11) is 1.73. The Bertz CT molecular complexity index is 1560. The number of anilines is 1. The molecule has 3 aliphatic heterocycles. The van der Waals surface area contributed by atoms with E-state index in [2.05, 4.69) is 52.0 Å². The molecule has 1 amide bonds. The van der Waals surface area contributed by atoms with Gasteiger partial charge in [0.2, 0.25) is 5.91 Å². The van der Waals surface area contributed by atoms with Gasteiger partial charge in [0, 0.05) is 73.6 Å². The zero-order chi connectivity index (χ0) is 32.0. The molecule has 244 valence electrons. The SMILES string of the molecule is C=CC(=O)N1CCC(n2nc(N3CC[C@@H](CN4C[C@H](O)C[C@H]4COC)CC3(C)C)c(-c3c(Cl)c(Cl)cc4[nH]ncc34)c2C)CC1. The van der Waals surface area contributed by atoms with Gasteiger partial charge < -0.3 is 19.6 Å². The molecule has 3 saturated heterocycles. The van der Waals surface area contributed by atoms with Crippen molar-refractivity contribution in [2.75, 3.05) is 51.3 Å². The number of aliphatic hydroxyl groups is 1. The monoisotopic (exact) mass is 657 g/mol. The number of benzene rings is 1. The van der Waals surface area contributed by atoms with E-state index >= 15 is 0 Å². The second-order valence-corrected chi connectivity index (χ2v) is 14.4. The standard InChI is InChI=1S/C33H45Cl2N7O3/c1-6-28(44)39-10-8-22(9-11-39)42-20(2)29(30-25-16-36-37-27(25)14-26(34)31(30)35)32(38-42)41-12-7-21(15-33(41,3)4)17-40-18-24(43)13-23(40)19-45-5/h6,14,16,21-24,43H,1,7-13,15,17-19H2,2-5H3,(H,36,37)/t21-,23+,24-/m1/s1. The van der Waals surface area contributed by atoms with Crippen LogP contribution in [0.1, 0.15) is 57.7 Å². The van der Waals surface area contributed by atoms with Gasteiger partial charge in [0.05, 0.1) is 40.5 Å². The molecule has 3 aromatic rings. The molecular formula is C33H45Cl2N7O3. The quantitative estimate of drug-likeness (QED) is 0.310. The Morgan fingerprint density at radius 3 is 2.67 bits per heavy atom. The molecule has 3 atom stereocenters. The Balaban J connectivity index is 1.36. The predicted octanol–water partition coefficient (Wildman–Crippen LogP) is 5.47. The number of nitrogens with one attached hydrogen (secondary N) is 1. The third-order valence-corrected chi connectivity index (χ3v) is 11.0. The molecule has 0 aliphatic carbocycles. The number of aromatic amines is 1. The Hall–Kier alpha value is -2.63. The van der Waals surface area contributed by atoms with E-state index in [0.717, 1.165) is 78.7 Å². The van der Waals surface area contributed by atoms with E-state index in [1.807, 2.05) is 17.2 Å². The van der Waals surface area contributed by atoms with Crippen LogP contribution in [0.25, 0.3) is 22.0 Å². The smallest absolute Gasteiger partial charge is 0.245 e. The molecule has 3 fully saturated rings. The molecule has 3 aliphatic rings. The van der Waals surface area contributed by atoms with Crippen LogP contribution in [0.2, 0.25) is 10.0 Å². The van der Waals surface area contributed by atoms with Crippen LogP contribution in [0.3, 0.4) is 0 Å². The van der Waals surface area contributed by atoms with Crippen LogP contribution in [0.5, 0.6) is 0 Å². The maximum atomic E-state index is 12.3. The Labute approximate surface area is 275 Å². The average molecular weight is 659 g/mol. The van der Waals surface area contributed by atoms with Gasteiger partial charge in [-0.2, -0.15) is 10.2 Å². The number of aliphatic hydroxyl groups excluding tert-OH is 1. The average Bonchev–Trinajstić information content (AvgIpc) is 3.70. The van der Waals surface area contributed by atoms with Crippen molar-refractivity contribution in [3.05, 3.63) is 40.7 Å². The van der Waals surface area contributed by atoms with Crippen LogP contribution in [-0.2, 0) is 9.53 Å². The zero-order valence-corrected chi connectivity index (χ0v) is 28.2. The second kappa shape index (κ2) is 12.9. The van der Waals surface area contributed by atoms with E-state index in [4.69, 9.17) is 33.0 Å². The first-order valence-electron chi connectivity index (χ1n) is 16.0. The number of ether oxygens (including phenoxy) is 1. The summed E-state index contributed by atoms with van der Waals surface area (Å²) in [6.07, 6.45) is 7.27. The van der Waals surface area contributed by atoms with Gasteiger partial charge in [-0.1, -0.05) is 29.8 Å². The zero-order valence-electron chi connectivity index (χ0n) is 26.7. The van der Waals surface area contributed by atoms with Crippen molar-refractivity contribution >= 4 is 45.8 Å². The molecule has 5 heterocycles. The summed E-state index contributed by atoms with van der Waals surface area (Å²) in [5, 5.41) is 25.0. The van der Waals surface area contributed by atoms with Gasteiger partial charge in [0.15, 0.2) is 5.82 Å². The minimum absolute atomic E-state index is 0.0262.